The highest BCUT2D eigenvalue weighted by Crippen LogP contribution is 2.28. The summed E-state index contributed by atoms with van der Waals surface area (Å²) in [7, 11) is 0. The molecule has 0 saturated carbocycles. The van der Waals surface area contributed by atoms with Gasteiger partial charge in [-0.3, -0.25) is 0 Å². The molecule has 1 N–H and O–H groups in total. The normalized spacial score (nSPS) is 15.5. The van der Waals surface area contributed by atoms with Crippen LogP contribution in [0.3, 0.4) is 0 Å². The van der Waals surface area contributed by atoms with Crippen molar-refractivity contribution < 1.29 is 13.5 Å². The second kappa shape index (κ2) is 7.60. The number of nitrogens with one attached hydrogen (secondary N) is 1. The number of hydrogen-bond donors (Lipinski definition) is 1. The van der Waals surface area contributed by atoms with Gasteiger partial charge in [0.15, 0.2) is 5.65 Å². The quantitative estimate of drug-likeness (QED) is 0.541. The molecular formula is C20H21F2N7O. The van der Waals surface area contributed by atoms with Crippen LogP contribution in [0.25, 0.3) is 27.8 Å². The predicted molar refractivity (Wildman–Crippen MR) is 108 cm³/mol. The summed E-state index contributed by atoms with van der Waals surface area (Å²) in [6.45, 7) is 2.78. The third-order valence-corrected chi connectivity index (χ3v) is 5.40. The van der Waals surface area contributed by atoms with Crippen molar-refractivity contribution in [1.82, 2.24) is 29.1 Å². The summed E-state index contributed by atoms with van der Waals surface area (Å²) in [5, 5.41) is 7.91. The molecule has 1 aliphatic heterocycles. The van der Waals surface area contributed by atoms with Crippen LogP contribution >= 0.6 is 0 Å². The second-order valence-electron chi connectivity index (χ2n) is 7.40. The molecule has 5 heterocycles. The van der Waals surface area contributed by atoms with Gasteiger partial charge in [0.25, 0.3) is 6.43 Å². The van der Waals surface area contributed by atoms with Gasteiger partial charge in [0.05, 0.1) is 23.8 Å². The number of hydrogen-bond acceptors (Lipinski definition) is 6. The number of alkyl halides is 2. The van der Waals surface area contributed by atoms with Crippen LogP contribution in [0.2, 0.25) is 0 Å². The number of imidazole rings is 1. The van der Waals surface area contributed by atoms with Gasteiger partial charge in [0.1, 0.15) is 5.82 Å². The molecule has 1 aliphatic rings. The first-order valence-corrected chi connectivity index (χ1v) is 9.88. The molecule has 0 aliphatic carbocycles. The summed E-state index contributed by atoms with van der Waals surface area (Å²) in [6, 6.07) is 4.07. The molecule has 0 unspecified atom stereocenters. The lowest BCUT2D eigenvalue weighted by molar-refractivity contribution is 0.0903. The minimum atomic E-state index is -2.46. The van der Waals surface area contributed by atoms with E-state index in [9.17, 15) is 8.78 Å². The van der Waals surface area contributed by atoms with E-state index in [2.05, 4.69) is 25.4 Å². The summed E-state index contributed by atoms with van der Waals surface area (Å²) >= 11 is 0. The summed E-state index contributed by atoms with van der Waals surface area (Å²) in [6.07, 6.45) is 4.70. The number of ether oxygens (including phenoxy) is 1. The molecule has 0 radical (unpaired) electrons. The highest BCUT2D eigenvalue weighted by atomic mass is 19.3. The van der Waals surface area contributed by atoms with Gasteiger partial charge in [-0.1, -0.05) is 0 Å². The minimum absolute atomic E-state index is 0.302. The van der Waals surface area contributed by atoms with Crippen molar-refractivity contribution in [2.75, 3.05) is 18.5 Å². The van der Waals surface area contributed by atoms with Crippen molar-refractivity contribution in [2.24, 2.45) is 0 Å². The highest BCUT2D eigenvalue weighted by molar-refractivity contribution is 5.85. The van der Waals surface area contributed by atoms with Gasteiger partial charge < -0.3 is 14.6 Å². The van der Waals surface area contributed by atoms with Crippen LogP contribution in [-0.4, -0.2) is 54.8 Å². The lowest BCUT2D eigenvalue weighted by atomic mass is 10.1. The van der Waals surface area contributed by atoms with Crippen molar-refractivity contribution in [1.29, 1.82) is 0 Å². The number of anilines is 1. The van der Waals surface area contributed by atoms with Crippen molar-refractivity contribution in [2.45, 2.75) is 38.8 Å². The van der Waals surface area contributed by atoms with Crippen LogP contribution in [0.1, 0.15) is 18.7 Å². The van der Waals surface area contributed by atoms with E-state index in [1.165, 1.54) is 4.57 Å². The average molecular weight is 413 g/mol. The van der Waals surface area contributed by atoms with Gasteiger partial charge in [0.2, 0.25) is 5.95 Å². The Morgan fingerprint density at radius 2 is 2.03 bits per heavy atom. The summed E-state index contributed by atoms with van der Waals surface area (Å²) in [4.78, 5) is 13.1. The highest BCUT2D eigenvalue weighted by Gasteiger charge is 2.17. The minimum Gasteiger partial charge on any atom is -0.381 e. The van der Waals surface area contributed by atoms with E-state index in [1.54, 1.807) is 23.8 Å². The molecule has 10 heteroatoms. The van der Waals surface area contributed by atoms with Gasteiger partial charge in [-0.25, -0.2) is 28.2 Å². The zero-order chi connectivity index (χ0) is 20.7. The molecule has 0 aromatic carbocycles. The molecule has 156 valence electrons. The van der Waals surface area contributed by atoms with Crippen molar-refractivity contribution in [3.8, 4) is 11.1 Å². The molecular weight excluding hydrogens is 392 g/mol. The van der Waals surface area contributed by atoms with Gasteiger partial charge >= 0.3 is 0 Å². The number of aryl methyl sites for hydroxylation is 1. The first-order chi connectivity index (χ1) is 14.6. The Morgan fingerprint density at radius 3 is 2.83 bits per heavy atom. The molecule has 1 saturated heterocycles. The lowest BCUT2D eigenvalue weighted by Gasteiger charge is -2.22. The largest absolute Gasteiger partial charge is 0.381 e. The topological polar surface area (TPSA) is 82.2 Å². The van der Waals surface area contributed by atoms with Crippen LogP contribution in [0.15, 0.2) is 30.7 Å². The fraction of sp³-hybridized carbons (Fsp3) is 0.400. The molecule has 4 aromatic rings. The molecule has 8 nitrogen and oxygen atoms in total. The van der Waals surface area contributed by atoms with Crippen LogP contribution in [-0.2, 0) is 11.3 Å². The molecule has 0 atom stereocenters. The summed E-state index contributed by atoms with van der Waals surface area (Å²) in [5.74, 6) is 1.08. The number of fused-ring (bicyclic) bond motifs is 2. The third kappa shape index (κ3) is 3.47. The van der Waals surface area contributed by atoms with E-state index in [1.807, 2.05) is 18.3 Å². The first kappa shape index (κ1) is 18.9. The average Bonchev–Trinajstić information content (AvgIpc) is 3.29. The number of halogens is 2. The maximum atomic E-state index is 13.0. The zero-order valence-corrected chi connectivity index (χ0v) is 16.4. The predicted octanol–water partition coefficient (Wildman–Crippen LogP) is 3.31. The van der Waals surface area contributed by atoms with Crippen LogP contribution in [0.5, 0.6) is 0 Å². The van der Waals surface area contributed by atoms with E-state index in [0.717, 1.165) is 42.7 Å². The first-order valence-electron chi connectivity index (χ1n) is 9.88. The Hall–Kier alpha value is -3.14. The second-order valence-corrected chi connectivity index (χ2v) is 7.40. The van der Waals surface area contributed by atoms with E-state index in [-0.39, 0.29) is 0 Å². The molecule has 0 bridgehead atoms. The molecule has 1 fully saturated rings. The van der Waals surface area contributed by atoms with Crippen molar-refractivity contribution >= 4 is 22.6 Å². The third-order valence-electron chi connectivity index (χ3n) is 5.40. The maximum Gasteiger partial charge on any atom is 0.256 e. The Labute approximate surface area is 170 Å². The summed E-state index contributed by atoms with van der Waals surface area (Å²) in [5.41, 5.74) is 3.53. The fourth-order valence-electron chi connectivity index (χ4n) is 3.87. The molecule has 0 spiro atoms. The fourth-order valence-corrected chi connectivity index (χ4v) is 3.87. The van der Waals surface area contributed by atoms with E-state index >= 15 is 0 Å². The summed E-state index contributed by atoms with van der Waals surface area (Å²) < 4.78 is 34.6. The Balaban J connectivity index is 1.49. The maximum absolute atomic E-state index is 13.0. The number of aromatic nitrogens is 6. The number of nitrogens with zero attached hydrogens (tertiary/aromatic N) is 6. The lowest BCUT2D eigenvalue weighted by Crippen LogP contribution is -2.28. The number of pyridine rings is 1. The number of rotatable bonds is 5. The molecule has 30 heavy (non-hydrogen) atoms. The monoisotopic (exact) mass is 413 g/mol. The Kier molecular flexibility index (Phi) is 4.78. The zero-order valence-electron chi connectivity index (χ0n) is 16.4. The van der Waals surface area contributed by atoms with Crippen LogP contribution in [0, 0.1) is 6.92 Å². The van der Waals surface area contributed by atoms with Crippen molar-refractivity contribution in [3.05, 3.63) is 36.5 Å². The Bertz CT molecular complexity index is 1200. The Morgan fingerprint density at radius 1 is 1.20 bits per heavy atom. The van der Waals surface area contributed by atoms with Gasteiger partial charge in [-0.15, -0.1) is 5.10 Å². The van der Waals surface area contributed by atoms with E-state index in [0.29, 0.717) is 29.0 Å². The molecule has 5 rings (SSSR count). The van der Waals surface area contributed by atoms with Crippen LogP contribution in [0.4, 0.5) is 14.7 Å². The molecule has 4 aromatic heterocycles. The van der Waals surface area contributed by atoms with E-state index < -0.39 is 13.0 Å². The van der Waals surface area contributed by atoms with Crippen LogP contribution < -0.4 is 5.32 Å². The SMILES string of the molecule is Cc1nc2ncc(-c3ccn4nc(NC5CCOCC5)ncc34)cc2n1CC(F)F. The van der Waals surface area contributed by atoms with Crippen molar-refractivity contribution in [3.63, 3.8) is 0 Å². The standard InChI is InChI=1S/C20H21F2N7O/c1-12-25-19-16(28(12)11-18(21)22)8-13(9-23-19)15-2-5-29-17(15)10-24-20(27-29)26-14-3-6-30-7-4-14/h2,5,8-10,14,18H,3-4,6-7,11H2,1H3,(H,26,27). The smallest absolute Gasteiger partial charge is 0.256 e. The van der Waals surface area contributed by atoms with Gasteiger partial charge in [-0.2, -0.15) is 0 Å². The van der Waals surface area contributed by atoms with E-state index in [4.69, 9.17) is 4.74 Å². The van der Waals surface area contributed by atoms with Gasteiger partial charge in [-0.05, 0) is 31.9 Å². The molecule has 0 amide bonds. The van der Waals surface area contributed by atoms with Gasteiger partial charge in [0, 0.05) is 42.8 Å².